The average Bonchev–Trinajstić information content (AvgIpc) is 3.07. The molecule has 0 saturated heterocycles. The van der Waals surface area contributed by atoms with Crippen LogP contribution in [-0.2, 0) is 0 Å². The number of nitrogens with two attached hydrogens (primary N) is 1. The summed E-state index contributed by atoms with van der Waals surface area (Å²) in [6, 6.07) is 14.2. The van der Waals surface area contributed by atoms with E-state index in [0.717, 1.165) is 28.2 Å². The number of thioether (sulfide) groups is 1. The zero-order chi connectivity index (χ0) is 16.0. The third kappa shape index (κ3) is 2.11. The zero-order valence-electron chi connectivity index (χ0n) is 12.6. The Hall–Kier alpha value is -2.42. The number of nitriles is 1. The van der Waals surface area contributed by atoms with Gasteiger partial charge in [0.25, 0.3) is 0 Å². The molecule has 1 unspecified atom stereocenters. The molecule has 0 amide bonds. The van der Waals surface area contributed by atoms with Crippen LogP contribution in [0.1, 0.15) is 18.2 Å². The zero-order valence-corrected chi connectivity index (χ0v) is 13.4. The van der Waals surface area contributed by atoms with Crippen molar-refractivity contribution in [3.8, 4) is 6.07 Å². The van der Waals surface area contributed by atoms with Crippen LogP contribution in [0, 0.1) is 11.3 Å². The summed E-state index contributed by atoms with van der Waals surface area (Å²) in [4.78, 5) is 1.22. The van der Waals surface area contributed by atoms with Gasteiger partial charge >= 0.3 is 0 Å². The molecule has 2 aliphatic rings. The fourth-order valence-corrected chi connectivity index (χ4v) is 4.21. The highest BCUT2D eigenvalue weighted by Gasteiger charge is 2.38. The van der Waals surface area contributed by atoms with Gasteiger partial charge in [0.05, 0.1) is 17.9 Å². The van der Waals surface area contributed by atoms with Crippen LogP contribution in [0.25, 0.3) is 11.3 Å². The van der Waals surface area contributed by atoms with Crippen molar-refractivity contribution < 1.29 is 4.42 Å². The van der Waals surface area contributed by atoms with Gasteiger partial charge in [0, 0.05) is 27.5 Å². The highest BCUT2D eigenvalue weighted by atomic mass is 32.2. The fraction of sp³-hybridized carbons (Fsp3) is 0.167. The topological polar surface area (TPSA) is 75.0 Å². The van der Waals surface area contributed by atoms with Gasteiger partial charge in [-0.25, -0.2) is 0 Å². The molecule has 0 fully saturated rings. The van der Waals surface area contributed by atoms with E-state index in [1.54, 1.807) is 18.0 Å². The predicted octanol–water partition coefficient (Wildman–Crippen LogP) is 3.35. The molecule has 0 bridgehead atoms. The quantitative estimate of drug-likeness (QED) is 0.842. The molecule has 0 saturated carbocycles. The molecule has 5 heteroatoms. The number of rotatable bonds is 1. The van der Waals surface area contributed by atoms with E-state index in [1.165, 1.54) is 4.90 Å². The van der Waals surface area contributed by atoms with Crippen LogP contribution in [0.3, 0.4) is 0 Å². The first-order valence-corrected chi connectivity index (χ1v) is 8.32. The molecule has 1 aromatic heterocycles. The molecule has 4 rings (SSSR count). The van der Waals surface area contributed by atoms with Crippen molar-refractivity contribution in [2.75, 3.05) is 5.75 Å². The van der Waals surface area contributed by atoms with Gasteiger partial charge in [0.1, 0.15) is 11.4 Å². The minimum atomic E-state index is -0.940. The highest BCUT2D eigenvalue weighted by Crippen LogP contribution is 2.46. The maximum absolute atomic E-state index is 9.68. The van der Waals surface area contributed by atoms with E-state index < -0.39 is 5.66 Å². The number of nitrogens with one attached hydrogen (secondary N) is 1. The molecule has 114 valence electrons. The number of hydrogen-bond donors (Lipinski definition) is 2. The van der Waals surface area contributed by atoms with Crippen molar-refractivity contribution in [3.05, 3.63) is 65.1 Å². The van der Waals surface area contributed by atoms with Crippen LogP contribution < -0.4 is 11.1 Å². The van der Waals surface area contributed by atoms with Gasteiger partial charge in [0.2, 0.25) is 0 Å². The summed E-state index contributed by atoms with van der Waals surface area (Å²) in [5.41, 5.74) is 9.99. The largest absolute Gasteiger partial charge is 0.464 e. The van der Waals surface area contributed by atoms with Crippen molar-refractivity contribution in [2.45, 2.75) is 17.5 Å². The number of furan rings is 1. The summed E-state index contributed by atoms with van der Waals surface area (Å²) in [5, 5.41) is 13.0. The molecule has 23 heavy (non-hydrogen) atoms. The Morgan fingerprint density at radius 2 is 2.13 bits per heavy atom. The van der Waals surface area contributed by atoms with E-state index in [4.69, 9.17) is 10.2 Å². The number of allylic oxidation sites excluding steroid dienone is 1. The van der Waals surface area contributed by atoms with Crippen molar-refractivity contribution in [1.29, 1.82) is 5.26 Å². The Morgan fingerprint density at radius 1 is 1.30 bits per heavy atom. The van der Waals surface area contributed by atoms with Gasteiger partial charge in [-0.05, 0) is 30.7 Å². The lowest BCUT2D eigenvalue weighted by Gasteiger charge is -2.38. The maximum Gasteiger partial charge on any atom is 0.135 e. The first-order chi connectivity index (χ1) is 11.1. The monoisotopic (exact) mass is 321 g/mol. The second-order valence-electron chi connectivity index (χ2n) is 5.80. The van der Waals surface area contributed by atoms with Crippen LogP contribution in [-0.4, -0.2) is 11.4 Å². The van der Waals surface area contributed by atoms with Gasteiger partial charge in [-0.3, -0.25) is 0 Å². The number of benzene rings is 1. The van der Waals surface area contributed by atoms with Crippen LogP contribution >= 0.6 is 11.8 Å². The first-order valence-electron chi connectivity index (χ1n) is 7.33. The molecule has 3 N–H and O–H groups in total. The van der Waals surface area contributed by atoms with Gasteiger partial charge in [-0.15, -0.1) is 11.8 Å². The molecule has 2 aliphatic heterocycles. The Kier molecular flexibility index (Phi) is 3.12. The number of nitrogens with zero attached hydrogens (tertiary/aromatic N) is 1. The van der Waals surface area contributed by atoms with E-state index in [0.29, 0.717) is 11.3 Å². The molecular formula is C18H15N3OS. The average molecular weight is 321 g/mol. The minimum absolute atomic E-state index is 0.506. The predicted molar refractivity (Wildman–Crippen MR) is 91.1 cm³/mol. The number of dihydropyridines is 1. The Morgan fingerprint density at radius 3 is 2.87 bits per heavy atom. The normalized spacial score (nSPS) is 23.0. The molecule has 3 heterocycles. The van der Waals surface area contributed by atoms with Gasteiger partial charge in [-0.1, -0.05) is 18.2 Å². The summed E-state index contributed by atoms with van der Waals surface area (Å²) in [6.45, 7) is 1.82. The van der Waals surface area contributed by atoms with E-state index in [1.807, 2.05) is 31.2 Å². The smallest absolute Gasteiger partial charge is 0.135 e. The maximum atomic E-state index is 9.68. The third-order valence-electron chi connectivity index (χ3n) is 4.17. The summed E-state index contributed by atoms with van der Waals surface area (Å²) in [5.74, 6) is 1.46. The van der Waals surface area contributed by atoms with Crippen LogP contribution in [0.15, 0.2) is 63.1 Å². The first kappa shape index (κ1) is 14.2. The summed E-state index contributed by atoms with van der Waals surface area (Å²) < 4.78 is 5.60. The second-order valence-corrected chi connectivity index (χ2v) is 6.82. The molecule has 1 atom stereocenters. The van der Waals surface area contributed by atoms with Gasteiger partial charge in [-0.2, -0.15) is 5.26 Å². The van der Waals surface area contributed by atoms with E-state index in [9.17, 15) is 5.26 Å². The van der Waals surface area contributed by atoms with Crippen molar-refractivity contribution >= 4 is 23.0 Å². The fourth-order valence-electron chi connectivity index (χ4n) is 3.12. The summed E-state index contributed by atoms with van der Waals surface area (Å²) >= 11 is 1.76. The van der Waals surface area contributed by atoms with Crippen molar-refractivity contribution in [3.63, 3.8) is 0 Å². The lowest BCUT2D eigenvalue weighted by atomic mass is 9.85. The second kappa shape index (κ2) is 5.05. The highest BCUT2D eigenvalue weighted by molar-refractivity contribution is 7.99. The van der Waals surface area contributed by atoms with E-state index in [2.05, 4.69) is 23.5 Å². The molecule has 1 aromatic carbocycles. The molecule has 4 nitrogen and oxygen atoms in total. The van der Waals surface area contributed by atoms with Crippen LogP contribution in [0.2, 0.25) is 0 Å². The van der Waals surface area contributed by atoms with Crippen LogP contribution in [0.5, 0.6) is 0 Å². The summed E-state index contributed by atoms with van der Waals surface area (Å²) in [6.07, 6.45) is 1.62. The van der Waals surface area contributed by atoms with E-state index >= 15 is 0 Å². The van der Waals surface area contributed by atoms with E-state index in [-0.39, 0.29) is 0 Å². The van der Waals surface area contributed by atoms with Crippen molar-refractivity contribution in [2.24, 2.45) is 5.73 Å². The molecule has 0 radical (unpaired) electrons. The molecule has 0 aliphatic carbocycles. The molecule has 2 aromatic rings. The SMILES string of the molecule is CC1(N)NC2=C(CSc3ccccc32)C(c2ccco2)=C1C#N. The third-order valence-corrected chi connectivity index (χ3v) is 5.27. The molecule has 0 spiro atoms. The standard InChI is InChI=1S/C18H15N3OS/c1-18(20)13(9-19)16(14-6-4-8-22-14)12-10-23-15-7-3-2-5-11(15)17(12)21-18/h2-8,21H,10,20H2,1H3. The van der Waals surface area contributed by atoms with Gasteiger partial charge < -0.3 is 15.5 Å². The Balaban J connectivity index is 2.02. The lowest BCUT2D eigenvalue weighted by molar-refractivity contribution is 0.502. The number of hydrogen-bond acceptors (Lipinski definition) is 5. The van der Waals surface area contributed by atoms with Crippen molar-refractivity contribution in [1.82, 2.24) is 5.32 Å². The van der Waals surface area contributed by atoms with Crippen LogP contribution in [0.4, 0.5) is 0 Å². The Bertz CT molecular complexity index is 885. The lowest BCUT2D eigenvalue weighted by Crippen LogP contribution is -2.54. The number of fused-ring (bicyclic) bond motifs is 2. The molecular weight excluding hydrogens is 306 g/mol. The minimum Gasteiger partial charge on any atom is -0.464 e. The summed E-state index contributed by atoms with van der Waals surface area (Å²) in [7, 11) is 0. The Labute approximate surface area is 138 Å². The van der Waals surface area contributed by atoms with Gasteiger partial charge in [0.15, 0.2) is 0 Å².